The SMILES string of the molecule is CCOc1ccc(-c2nc(NC(=O)COc3cc(C)ccc3C(C)C)sc2C)cc1. The van der Waals surface area contributed by atoms with Crippen LogP contribution in [0.25, 0.3) is 11.3 Å². The van der Waals surface area contributed by atoms with Crippen molar-refractivity contribution in [1.29, 1.82) is 0 Å². The molecule has 1 heterocycles. The van der Waals surface area contributed by atoms with E-state index in [1.54, 1.807) is 0 Å². The molecule has 0 saturated heterocycles. The van der Waals surface area contributed by atoms with Crippen LogP contribution >= 0.6 is 11.3 Å². The van der Waals surface area contributed by atoms with Crippen molar-refractivity contribution in [3.63, 3.8) is 0 Å². The lowest BCUT2D eigenvalue weighted by Crippen LogP contribution is -2.20. The van der Waals surface area contributed by atoms with E-state index in [9.17, 15) is 4.79 Å². The third-order valence-electron chi connectivity index (χ3n) is 4.63. The molecule has 0 saturated carbocycles. The summed E-state index contributed by atoms with van der Waals surface area (Å²) in [6.45, 7) is 10.8. The highest BCUT2D eigenvalue weighted by Gasteiger charge is 2.14. The zero-order valence-electron chi connectivity index (χ0n) is 18.1. The molecule has 0 aliphatic carbocycles. The highest BCUT2D eigenvalue weighted by Crippen LogP contribution is 2.31. The van der Waals surface area contributed by atoms with E-state index in [1.807, 2.05) is 51.1 Å². The molecule has 5 nitrogen and oxygen atoms in total. The molecule has 3 aromatic rings. The Morgan fingerprint density at radius 3 is 2.50 bits per heavy atom. The first-order chi connectivity index (χ1) is 14.4. The minimum atomic E-state index is -0.224. The van der Waals surface area contributed by atoms with Crippen molar-refractivity contribution in [3.05, 3.63) is 58.5 Å². The van der Waals surface area contributed by atoms with E-state index in [2.05, 4.69) is 36.3 Å². The summed E-state index contributed by atoms with van der Waals surface area (Å²) in [6.07, 6.45) is 0. The van der Waals surface area contributed by atoms with E-state index < -0.39 is 0 Å². The number of carbonyl (C=O) groups excluding carboxylic acids is 1. The van der Waals surface area contributed by atoms with E-state index in [-0.39, 0.29) is 12.5 Å². The molecule has 30 heavy (non-hydrogen) atoms. The summed E-state index contributed by atoms with van der Waals surface area (Å²) in [5, 5.41) is 3.42. The topological polar surface area (TPSA) is 60.5 Å². The molecule has 1 aromatic heterocycles. The summed E-state index contributed by atoms with van der Waals surface area (Å²) in [5.41, 5.74) is 4.05. The number of ether oxygens (including phenoxy) is 2. The van der Waals surface area contributed by atoms with Gasteiger partial charge < -0.3 is 9.47 Å². The normalized spacial score (nSPS) is 10.9. The summed E-state index contributed by atoms with van der Waals surface area (Å²) in [4.78, 5) is 18.1. The molecule has 0 atom stereocenters. The molecule has 0 radical (unpaired) electrons. The third-order valence-corrected chi connectivity index (χ3v) is 5.52. The number of nitrogens with zero attached hydrogens (tertiary/aromatic N) is 1. The predicted molar refractivity (Wildman–Crippen MR) is 123 cm³/mol. The van der Waals surface area contributed by atoms with E-state index in [0.717, 1.165) is 38.8 Å². The number of aryl methyl sites for hydroxylation is 2. The molecule has 6 heteroatoms. The number of aromatic nitrogens is 1. The number of hydrogen-bond acceptors (Lipinski definition) is 5. The summed E-state index contributed by atoms with van der Waals surface area (Å²) in [6, 6.07) is 13.9. The molecule has 1 amide bonds. The van der Waals surface area contributed by atoms with Gasteiger partial charge in [0.15, 0.2) is 11.7 Å². The Bertz CT molecular complexity index is 1010. The first kappa shape index (κ1) is 21.8. The molecule has 0 aliphatic rings. The quantitative estimate of drug-likeness (QED) is 0.484. The molecular weight excluding hydrogens is 396 g/mol. The molecule has 3 rings (SSSR count). The van der Waals surface area contributed by atoms with Crippen LogP contribution in [-0.4, -0.2) is 24.1 Å². The van der Waals surface area contributed by atoms with Gasteiger partial charge in [0, 0.05) is 10.4 Å². The first-order valence-corrected chi connectivity index (χ1v) is 10.9. The Labute approximate surface area is 182 Å². The van der Waals surface area contributed by atoms with E-state index in [4.69, 9.17) is 9.47 Å². The second-order valence-corrected chi connectivity index (χ2v) is 8.62. The fraction of sp³-hybridized carbons (Fsp3) is 0.333. The van der Waals surface area contributed by atoms with Crippen LogP contribution in [0.5, 0.6) is 11.5 Å². The number of rotatable bonds is 8. The summed E-state index contributed by atoms with van der Waals surface area (Å²) in [5.74, 6) is 1.68. The Hall–Kier alpha value is -2.86. The average molecular weight is 425 g/mol. The van der Waals surface area contributed by atoms with Gasteiger partial charge in [0.2, 0.25) is 0 Å². The van der Waals surface area contributed by atoms with Crippen molar-refractivity contribution in [1.82, 2.24) is 4.98 Å². The second-order valence-electron chi connectivity index (χ2n) is 7.41. The average Bonchev–Trinajstić information content (AvgIpc) is 3.07. The highest BCUT2D eigenvalue weighted by molar-refractivity contribution is 7.16. The Morgan fingerprint density at radius 2 is 1.83 bits per heavy atom. The Balaban J connectivity index is 1.65. The maximum absolute atomic E-state index is 12.4. The van der Waals surface area contributed by atoms with E-state index >= 15 is 0 Å². The molecule has 1 N–H and O–H groups in total. The van der Waals surface area contributed by atoms with Gasteiger partial charge in [-0.1, -0.05) is 26.0 Å². The minimum Gasteiger partial charge on any atom is -0.494 e. The molecule has 0 aliphatic heterocycles. The van der Waals surface area contributed by atoms with Crippen LogP contribution in [0.15, 0.2) is 42.5 Å². The van der Waals surface area contributed by atoms with Crippen LogP contribution in [0.3, 0.4) is 0 Å². The van der Waals surface area contributed by atoms with Crippen molar-refractivity contribution in [2.75, 3.05) is 18.5 Å². The lowest BCUT2D eigenvalue weighted by molar-refractivity contribution is -0.118. The third kappa shape index (κ3) is 5.39. The van der Waals surface area contributed by atoms with Gasteiger partial charge in [-0.15, -0.1) is 11.3 Å². The Morgan fingerprint density at radius 1 is 1.10 bits per heavy atom. The lowest BCUT2D eigenvalue weighted by Gasteiger charge is -2.14. The number of hydrogen-bond donors (Lipinski definition) is 1. The molecule has 0 fully saturated rings. The zero-order chi connectivity index (χ0) is 21.7. The van der Waals surface area contributed by atoms with Crippen molar-refractivity contribution < 1.29 is 14.3 Å². The van der Waals surface area contributed by atoms with Crippen LogP contribution in [0.1, 0.15) is 42.7 Å². The maximum Gasteiger partial charge on any atom is 0.264 e. The molecular formula is C24H28N2O3S. The second kappa shape index (κ2) is 9.76. The number of nitrogens with one attached hydrogen (secondary N) is 1. The van der Waals surface area contributed by atoms with E-state index in [0.29, 0.717) is 17.7 Å². The van der Waals surface area contributed by atoms with Gasteiger partial charge in [-0.05, 0) is 68.1 Å². The minimum absolute atomic E-state index is 0.0554. The molecule has 0 spiro atoms. The summed E-state index contributed by atoms with van der Waals surface area (Å²) >= 11 is 1.45. The molecule has 0 bridgehead atoms. The maximum atomic E-state index is 12.4. The van der Waals surface area contributed by atoms with Crippen molar-refractivity contribution in [3.8, 4) is 22.8 Å². The highest BCUT2D eigenvalue weighted by atomic mass is 32.1. The van der Waals surface area contributed by atoms with Gasteiger partial charge in [-0.3, -0.25) is 10.1 Å². The standard InChI is InChI=1S/C24H28N2O3S/c1-6-28-19-10-8-18(9-11-19)23-17(5)30-24(26-23)25-22(27)14-29-21-13-16(4)7-12-20(21)15(2)3/h7-13,15H,6,14H2,1-5H3,(H,25,26,27). The van der Waals surface area contributed by atoms with Gasteiger partial charge in [0.1, 0.15) is 11.5 Å². The molecule has 2 aromatic carbocycles. The van der Waals surface area contributed by atoms with Gasteiger partial charge in [-0.25, -0.2) is 4.98 Å². The summed E-state index contributed by atoms with van der Waals surface area (Å²) < 4.78 is 11.3. The number of benzene rings is 2. The van der Waals surface area contributed by atoms with Crippen molar-refractivity contribution in [2.45, 2.75) is 40.5 Å². The van der Waals surface area contributed by atoms with Gasteiger partial charge in [0.05, 0.1) is 12.3 Å². The fourth-order valence-electron chi connectivity index (χ4n) is 3.14. The first-order valence-electron chi connectivity index (χ1n) is 10.1. The number of anilines is 1. The van der Waals surface area contributed by atoms with E-state index in [1.165, 1.54) is 11.3 Å². The van der Waals surface area contributed by atoms with Crippen LogP contribution < -0.4 is 14.8 Å². The van der Waals surface area contributed by atoms with Crippen LogP contribution in [0, 0.1) is 13.8 Å². The van der Waals surface area contributed by atoms with Crippen LogP contribution in [0.2, 0.25) is 0 Å². The van der Waals surface area contributed by atoms with Crippen LogP contribution in [0.4, 0.5) is 5.13 Å². The number of amides is 1. The molecule has 0 unspecified atom stereocenters. The fourth-order valence-corrected chi connectivity index (χ4v) is 3.99. The molecule has 158 valence electrons. The van der Waals surface area contributed by atoms with Crippen LogP contribution in [-0.2, 0) is 4.79 Å². The predicted octanol–water partition coefficient (Wildman–Crippen LogP) is 5.97. The Kier molecular flexibility index (Phi) is 7.11. The number of thiazole rings is 1. The van der Waals surface area contributed by atoms with Crippen molar-refractivity contribution in [2.24, 2.45) is 0 Å². The van der Waals surface area contributed by atoms with Gasteiger partial charge in [-0.2, -0.15) is 0 Å². The number of carbonyl (C=O) groups is 1. The largest absolute Gasteiger partial charge is 0.494 e. The smallest absolute Gasteiger partial charge is 0.264 e. The zero-order valence-corrected chi connectivity index (χ0v) is 18.9. The van der Waals surface area contributed by atoms with Gasteiger partial charge in [0.25, 0.3) is 5.91 Å². The van der Waals surface area contributed by atoms with Crippen molar-refractivity contribution >= 4 is 22.4 Å². The summed E-state index contributed by atoms with van der Waals surface area (Å²) in [7, 11) is 0. The monoisotopic (exact) mass is 424 g/mol. The lowest BCUT2D eigenvalue weighted by atomic mass is 10.0. The van der Waals surface area contributed by atoms with Gasteiger partial charge >= 0.3 is 0 Å².